The van der Waals surface area contributed by atoms with Crippen LogP contribution in [0.3, 0.4) is 0 Å². The van der Waals surface area contributed by atoms with Crippen molar-refractivity contribution in [2.75, 3.05) is 58.3 Å². The lowest BCUT2D eigenvalue weighted by Crippen LogP contribution is -2.48. The second kappa shape index (κ2) is 9.30. The maximum atomic E-state index is 12.5. The molecule has 0 aromatic heterocycles. The lowest BCUT2D eigenvalue weighted by molar-refractivity contribution is -0.384. The second-order valence-electron chi connectivity index (χ2n) is 6.96. The van der Waals surface area contributed by atoms with Crippen LogP contribution < -0.4 is 9.62 Å². The molecule has 0 bridgehead atoms. The van der Waals surface area contributed by atoms with Gasteiger partial charge >= 0.3 is 0 Å². The smallest absolute Gasteiger partial charge is 0.293 e. The van der Waals surface area contributed by atoms with Gasteiger partial charge in [0.05, 0.1) is 9.82 Å². The first-order valence-electron chi connectivity index (χ1n) is 9.05. The fraction of sp³-hybridized carbons (Fsp3) is 0.588. The van der Waals surface area contributed by atoms with Crippen molar-refractivity contribution in [1.29, 1.82) is 0 Å². The molecule has 0 saturated carbocycles. The lowest BCUT2D eigenvalue weighted by atomic mass is 10.2. The molecule has 1 saturated heterocycles. The van der Waals surface area contributed by atoms with Crippen LogP contribution in [-0.4, -0.2) is 82.4 Å². The van der Waals surface area contributed by atoms with Crippen LogP contribution in [-0.2, 0) is 14.8 Å². The zero-order chi connectivity index (χ0) is 20.9. The van der Waals surface area contributed by atoms with Gasteiger partial charge in [0.15, 0.2) is 0 Å². The van der Waals surface area contributed by atoms with Gasteiger partial charge in [-0.25, -0.2) is 13.1 Å². The molecule has 0 radical (unpaired) electrons. The Morgan fingerprint density at radius 3 is 2.43 bits per heavy atom. The molecule has 1 aromatic rings. The van der Waals surface area contributed by atoms with Crippen molar-refractivity contribution in [3.05, 3.63) is 28.3 Å². The molecule has 1 N–H and O–H groups in total. The molecular weight excluding hydrogens is 386 g/mol. The minimum Gasteiger partial charge on any atom is -0.362 e. The standard InChI is InChI=1S/C17H27N5O5S/c1-14(23)20-9-11-21(12-10-20)16-6-5-15(13-17(16)22(24)25)28(26,27)18-7-4-8-19(2)3/h5-6,13,18H,4,7-12H2,1-3H3. The van der Waals surface area contributed by atoms with E-state index in [-0.39, 0.29) is 23.0 Å². The quantitative estimate of drug-likeness (QED) is 0.375. The van der Waals surface area contributed by atoms with Gasteiger partial charge < -0.3 is 14.7 Å². The van der Waals surface area contributed by atoms with E-state index >= 15 is 0 Å². The Morgan fingerprint density at radius 1 is 1.25 bits per heavy atom. The Hall–Kier alpha value is -2.24. The minimum absolute atomic E-state index is 0.0315. The number of nitrogens with one attached hydrogen (secondary N) is 1. The number of nitro benzene ring substituents is 1. The number of sulfonamides is 1. The maximum Gasteiger partial charge on any atom is 0.293 e. The number of anilines is 1. The zero-order valence-corrected chi connectivity index (χ0v) is 17.2. The molecule has 1 aliphatic heterocycles. The number of carbonyl (C=O) groups is 1. The highest BCUT2D eigenvalue weighted by Gasteiger charge is 2.27. The van der Waals surface area contributed by atoms with E-state index in [0.717, 1.165) is 12.6 Å². The summed E-state index contributed by atoms with van der Waals surface area (Å²) in [5, 5.41) is 11.5. The number of amides is 1. The van der Waals surface area contributed by atoms with Gasteiger partial charge in [-0.05, 0) is 39.2 Å². The normalized spacial score (nSPS) is 15.1. The van der Waals surface area contributed by atoms with Crippen LogP contribution in [0.15, 0.2) is 23.1 Å². The summed E-state index contributed by atoms with van der Waals surface area (Å²) in [5.74, 6) is -0.0315. The van der Waals surface area contributed by atoms with Crippen molar-refractivity contribution in [3.63, 3.8) is 0 Å². The molecule has 28 heavy (non-hydrogen) atoms. The number of nitro groups is 1. The van der Waals surface area contributed by atoms with Gasteiger partial charge in [-0.15, -0.1) is 0 Å². The first-order valence-corrected chi connectivity index (χ1v) is 10.5. The highest BCUT2D eigenvalue weighted by atomic mass is 32.2. The Bertz CT molecular complexity index is 819. The summed E-state index contributed by atoms with van der Waals surface area (Å²) in [4.78, 5) is 27.7. The van der Waals surface area contributed by atoms with Crippen molar-refractivity contribution < 1.29 is 18.1 Å². The molecule has 1 aliphatic rings. The third kappa shape index (κ3) is 5.63. The predicted octanol–water partition coefficient (Wildman–Crippen LogP) is 0.493. The Balaban J connectivity index is 2.16. The van der Waals surface area contributed by atoms with E-state index in [9.17, 15) is 23.3 Å². The molecule has 1 aromatic carbocycles. The van der Waals surface area contributed by atoms with Crippen LogP contribution in [0.5, 0.6) is 0 Å². The van der Waals surface area contributed by atoms with Gasteiger partial charge in [0.2, 0.25) is 15.9 Å². The van der Waals surface area contributed by atoms with Crippen LogP contribution in [0.1, 0.15) is 13.3 Å². The van der Waals surface area contributed by atoms with Crippen LogP contribution in [0.25, 0.3) is 0 Å². The SMILES string of the molecule is CC(=O)N1CCN(c2ccc(S(=O)(=O)NCCCN(C)C)cc2[N+](=O)[O-])CC1. The van der Waals surface area contributed by atoms with Gasteiger partial charge in [0, 0.05) is 45.7 Å². The highest BCUT2D eigenvalue weighted by Crippen LogP contribution is 2.31. The first kappa shape index (κ1) is 22.1. The van der Waals surface area contributed by atoms with E-state index in [1.165, 1.54) is 19.1 Å². The molecule has 0 unspecified atom stereocenters. The summed E-state index contributed by atoms with van der Waals surface area (Å²) in [7, 11) is -0.0348. The molecule has 1 heterocycles. The fourth-order valence-electron chi connectivity index (χ4n) is 3.03. The average Bonchev–Trinajstić information content (AvgIpc) is 2.64. The van der Waals surface area contributed by atoms with E-state index in [4.69, 9.17) is 0 Å². The molecule has 1 amide bonds. The monoisotopic (exact) mass is 413 g/mol. The summed E-state index contributed by atoms with van der Waals surface area (Å²) in [5.41, 5.74) is 0.104. The van der Waals surface area contributed by atoms with Crippen molar-refractivity contribution in [2.45, 2.75) is 18.2 Å². The minimum atomic E-state index is -3.83. The number of nitrogens with zero attached hydrogens (tertiary/aromatic N) is 4. The predicted molar refractivity (Wildman–Crippen MR) is 106 cm³/mol. The number of rotatable bonds is 8. The van der Waals surface area contributed by atoms with Crippen LogP contribution in [0.2, 0.25) is 0 Å². The van der Waals surface area contributed by atoms with Crippen LogP contribution in [0.4, 0.5) is 11.4 Å². The van der Waals surface area contributed by atoms with E-state index < -0.39 is 14.9 Å². The molecule has 10 nitrogen and oxygen atoms in total. The number of hydrogen-bond acceptors (Lipinski definition) is 7. The van der Waals surface area contributed by atoms with E-state index in [0.29, 0.717) is 38.3 Å². The number of benzene rings is 1. The number of hydrogen-bond donors (Lipinski definition) is 1. The summed E-state index contributed by atoms with van der Waals surface area (Å²) in [6, 6.07) is 3.95. The number of carbonyl (C=O) groups excluding carboxylic acids is 1. The molecule has 0 spiro atoms. The lowest BCUT2D eigenvalue weighted by Gasteiger charge is -2.35. The second-order valence-corrected chi connectivity index (χ2v) is 8.72. The van der Waals surface area contributed by atoms with Gasteiger partial charge in [0.25, 0.3) is 5.69 Å². The largest absolute Gasteiger partial charge is 0.362 e. The summed E-state index contributed by atoms with van der Waals surface area (Å²) >= 11 is 0. The summed E-state index contributed by atoms with van der Waals surface area (Å²) in [6.07, 6.45) is 0.632. The molecule has 11 heteroatoms. The molecule has 1 fully saturated rings. The number of piperazine rings is 1. The maximum absolute atomic E-state index is 12.5. The zero-order valence-electron chi connectivity index (χ0n) is 16.4. The third-order valence-corrected chi connectivity index (χ3v) is 6.05. The van der Waals surface area contributed by atoms with Crippen molar-refractivity contribution >= 4 is 27.3 Å². The Morgan fingerprint density at radius 2 is 1.89 bits per heavy atom. The molecule has 0 atom stereocenters. The Kier molecular flexibility index (Phi) is 7.33. The van der Waals surface area contributed by atoms with Gasteiger partial charge in [-0.2, -0.15) is 0 Å². The highest BCUT2D eigenvalue weighted by molar-refractivity contribution is 7.89. The van der Waals surface area contributed by atoms with E-state index in [2.05, 4.69) is 4.72 Å². The van der Waals surface area contributed by atoms with Crippen molar-refractivity contribution in [3.8, 4) is 0 Å². The molecular formula is C17H27N5O5S. The topological polar surface area (TPSA) is 116 Å². The van der Waals surface area contributed by atoms with Crippen molar-refractivity contribution in [2.24, 2.45) is 0 Å². The van der Waals surface area contributed by atoms with Gasteiger partial charge in [0.1, 0.15) is 5.69 Å². The third-order valence-electron chi connectivity index (χ3n) is 4.59. The molecule has 2 rings (SSSR count). The Labute approximate surface area is 165 Å². The molecule has 0 aliphatic carbocycles. The van der Waals surface area contributed by atoms with Crippen LogP contribution >= 0.6 is 0 Å². The first-order chi connectivity index (χ1) is 13.1. The van der Waals surface area contributed by atoms with Gasteiger partial charge in [-0.3, -0.25) is 14.9 Å². The van der Waals surface area contributed by atoms with Crippen molar-refractivity contribution in [1.82, 2.24) is 14.5 Å². The summed E-state index contributed by atoms with van der Waals surface area (Å²) in [6.45, 7) is 4.32. The van der Waals surface area contributed by atoms with Crippen LogP contribution in [0, 0.1) is 10.1 Å². The average molecular weight is 414 g/mol. The van der Waals surface area contributed by atoms with Gasteiger partial charge in [-0.1, -0.05) is 0 Å². The summed E-state index contributed by atoms with van der Waals surface area (Å²) < 4.78 is 27.4. The molecule has 156 valence electrons. The van der Waals surface area contributed by atoms with E-state index in [1.54, 1.807) is 9.80 Å². The van der Waals surface area contributed by atoms with E-state index in [1.807, 2.05) is 19.0 Å². The fourth-order valence-corrected chi connectivity index (χ4v) is 4.13.